The van der Waals surface area contributed by atoms with Gasteiger partial charge in [-0.05, 0) is 42.0 Å². The highest BCUT2D eigenvalue weighted by Crippen LogP contribution is 2.32. The molecule has 0 spiro atoms. The first-order chi connectivity index (χ1) is 12.6. The largest absolute Gasteiger partial charge is 0.454 e. The average molecular weight is 354 g/mol. The van der Waals surface area contributed by atoms with Gasteiger partial charge in [-0.1, -0.05) is 50.2 Å². The number of nitrogens with one attached hydrogen (secondary N) is 2. The first-order valence-electron chi connectivity index (χ1n) is 9.07. The van der Waals surface area contributed by atoms with Crippen molar-refractivity contribution in [2.45, 2.75) is 32.7 Å². The minimum atomic E-state index is -0.125. The minimum absolute atomic E-state index is 0.00932. The molecule has 2 amide bonds. The third kappa shape index (κ3) is 5.15. The Balaban J connectivity index is 1.68. The molecule has 0 aliphatic carbocycles. The van der Waals surface area contributed by atoms with Crippen LogP contribution in [0.25, 0.3) is 0 Å². The monoisotopic (exact) mass is 354 g/mol. The quantitative estimate of drug-likeness (QED) is 0.800. The maximum Gasteiger partial charge on any atom is 0.315 e. The summed E-state index contributed by atoms with van der Waals surface area (Å²) in [6.45, 7) is 5.08. The Morgan fingerprint density at radius 1 is 1.00 bits per heavy atom. The van der Waals surface area contributed by atoms with E-state index in [9.17, 15) is 4.79 Å². The van der Waals surface area contributed by atoms with E-state index in [4.69, 9.17) is 9.47 Å². The van der Waals surface area contributed by atoms with Crippen molar-refractivity contribution in [1.82, 2.24) is 10.6 Å². The highest BCUT2D eigenvalue weighted by atomic mass is 16.7. The van der Waals surface area contributed by atoms with Crippen molar-refractivity contribution in [2.24, 2.45) is 5.92 Å². The number of carbonyl (C=O) groups is 1. The number of amides is 2. The van der Waals surface area contributed by atoms with Crippen LogP contribution in [0.2, 0.25) is 0 Å². The first kappa shape index (κ1) is 18.1. The highest BCUT2D eigenvalue weighted by molar-refractivity contribution is 5.74. The first-order valence-corrected chi connectivity index (χ1v) is 9.07. The van der Waals surface area contributed by atoms with Crippen molar-refractivity contribution in [3.8, 4) is 11.5 Å². The standard InChI is InChI=1S/C21H26N2O3/c1-15(2)13-22-21(24)23-18(10-16-6-4-3-5-7-16)11-17-8-9-19-20(12-17)26-14-25-19/h3-9,12,15,18H,10-11,13-14H2,1-2H3,(H2,22,23,24)/t18-/m0/s1. The van der Waals surface area contributed by atoms with E-state index in [1.165, 1.54) is 5.56 Å². The van der Waals surface area contributed by atoms with Crippen molar-refractivity contribution in [2.75, 3.05) is 13.3 Å². The van der Waals surface area contributed by atoms with Gasteiger partial charge in [0.2, 0.25) is 6.79 Å². The number of carbonyl (C=O) groups excluding carboxylic acids is 1. The lowest BCUT2D eigenvalue weighted by Crippen LogP contribution is -2.45. The summed E-state index contributed by atoms with van der Waals surface area (Å²) in [5, 5.41) is 6.05. The molecule has 138 valence electrons. The normalized spacial score (nSPS) is 13.5. The lowest BCUT2D eigenvalue weighted by Gasteiger charge is -2.20. The van der Waals surface area contributed by atoms with Crippen LogP contribution in [0.4, 0.5) is 4.79 Å². The second kappa shape index (κ2) is 8.61. The molecule has 3 rings (SSSR count). The lowest BCUT2D eigenvalue weighted by atomic mass is 9.98. The van der Waals surface area contributed by atoms with Crippen molar-refractivity contribution < 1.29 is 14.3 Å². The molecular formula is C21H26N2O3. The van der Waals surface area contributed by atoms with Gasteiger partial charge in [0, 0.05) is 12.6 Å². The van der Waals surface area contributed by atoms with E-state index in [1.54, 1.807) is 0 Å². The molecule has 1 atom stereocenters. The van der Waals surface area contributed by atoms with Crippen LogP contribution < -0.4 is 20.1 Å². The van der Waals surface area contributed by atoms with Gasteiger partial charge < -0.3 is 20.1 Å². The molecule has 2 N–H and O–H groups in total. The summed E-state index contributed by atoms with van der Waals surface area (Å²) in [6.07, 6.45) is 1.49. The Labute approximate surface area is 154 Å². The zero-order valence-corrected chi connectivity index (χ0v) is 15.3. The Kier molecular flexibility index (Phi) is 6.00. The number of ether oxygens (including phenoxy) is 2. The molecule has 0 saturated carbocycles. The van der Waals surface area contributed by atoms with Crippen molar-refractivity contribution in [1.29, 1.82) is 0 Å². The topological polar surface area (TPSA) is 59.6 Å². The summed E-state index contributed by atoms with van der Waals surface area (Å²) < 4.78 is 10.8. The van der Waals surface area contributed by atoms with Gasteiger partial charge in [-0.25, -0.2) is 4.79 Å². The molecular weight excluding hydrogens is 328 g/mol. The van der Waals surface area contributed by atoms with Gasteiger partial charge in [0.15, 0.2) is 11.5 Å². The summed E-state index contributed by atoms with van der Waals surface area (Å²) in [5.74, 6) is 1.96. The van der Waals surface area contributed by atoms with Gasteiger partial charge >= 0.3 is 6.03 Å². The zero-order valence-electron chi connectivity index (χ0n) is 15.3. The summed E-state index contributed by atoms with van der Waals surface area (Å²) >= 11 is 0. The molecule has 0 fully saturated rings. The maximum absolute atomic E-state index is 12.3. The Bertz CT molecular complexity index is 731. The summed E-state index contributed by atoms with van der Waals surface area (Å²) in [7, 11) is 0. The third-order valence-corrected chi connectivity index (χ3v) is 4.25. The lowest BCUT2D eigenvalue weighted by molar-refractivity contribution is 0.174. The predicted octanol–water partition coefficient (Wildman–Crippen LogP) is 3.52. The van der Waals surface area contributed by atoms with E-state index in [-0.39, 0.29) is 18.9 Å². The Morgan fingerprint density at radius 2 is 1.73 bits per heavy atom. The molecule has 5 nitrogen and oxygen atoms in total. The molecule has 1 heterocycles. The molecule has 0 unspecified atom stereocenters. The third-order valence-electron chi connectivity index (χ3n) is 4.25. The number of urea groups is 1. The predicted molar refractivity (Wildman–Crippen MR) is 102 cm³/mol. The van der Waals surface area contributed by atoms with Crippen LogP contribution in [-0.4, -0.2) is 25.4 Å². The SMILES string of the molecule is CC(C)CNC(=O)N[C@@H](Cc1ccccc1)Cc1ccc2c(c1)OCO2. The molecule has 1 aliphatic heterocycles. The van der Waals surface area contributed by atoms with Gasteiger partial charge in [0.1, 0.15) is 0 Å². The van der Waals surface area contributed by atoms with Crippen LogP contribution in [0, 0.1) is 5.92 Å². The van der Waals surface area contributed by atoms with Crippen LogP contribution in [-0.2, 0) is 12.8 Å². The molecule has 0 bridgehead atoms. The van der Waals surface area contributed by atoms with Gasteiger partial charge in [0.25, 0.3) is 0 Å². The molecule has 2 aromatic rings. The molecule has 1 aliphatic rings. The van der Waals surface area contributed by atoms with Gasteiger partial charge in [-0.2, -0.15) is 0 Å². The van der Waals surface area contributed by atoms with Gasteiger partial charge in [0.05, 0.1) is 0 Å². The minimum Gasteiger partial charge on any atom is -0.454 e. The summed E-state index contributed by atoms with van der Waals surface area (Å²) in [6, 6.07) is 16.0. The van der Waals surface area contributed by atoms with E-state index in [2.05, 4.69) is 36.6 Å². The van der Waals surface area contributed by atoms with E-state index in [0.717, 1.165) is 29.9 Å². The molecule has 26 heavy (non-hydrogen) atoms. The molecule has 0 saturated heterocycles. The van der Waals surface area contributed by atoms with Gasteiger partial charge in [-0.15, -0.1) is 0 Å². The second-order valence-electron chi connectivity index (χ2n) is 7.03. The average Bonchev–Trinajstić information content (AvgIpc) is 3.08. The second-order valence-corrected chi connectivity index (χ2v) is 7.03. The van der Waals surface area contributed by atoms with Crippen LogP contribution in [0.3, 0.4) is 0 Å². The fraction of sp³-hybridized carbons (Fsp3) is 0.381. The summed E-state index contributed by atoms with van der Waals surface area (Å²) in [4.78, 5) is 12.3. The van der Waals surface area contributed by atoms with Crippen LogP contribution in [0.5, 0.6) is 11.5 Å². The number of benzene rings is 2. The molecule has 0 aromatic heterocycles. The molecule has 0 radical (unpaired) electrons. The number of hydrogen-bond acceptors (Lipinski definition) is 3. The number of hydrogen-bond donors (Lipinski definition) is 2. The van der Waals surface area contributed by atoms with Crippen molar-refractivity contribution >= 4 is 6.03 Å². The Morgan fingerprint density at radius 3 is 2.50 bits per heavy atom. The zero-order chi connectivity index (χ0) is 18.4. The molecule has 5 heteroatoms. The van der Waals surface area contributed by atoms with E-state index in [0.29, 0.717) is 12.5 Å². The van der Waals surface area contributed by atoms with E-state index >= 15 is 0 Å². The van der Waals surface area contributed by atoms with Crippen molar-refractivity contribution in [3.05, 3.63) is 59.7 Å². The van der Waals surface area contributed by atoms with Crippen LogP contribution in [0.1, 0.15) is 25.0 Å². The smallest absolute Gasteiger partial charge is 0.315 e. The summed E-state index contributed by atoms with van der Waals surface area (Å²) in [5.41, 5.74) is 2.31. The fourth-order valence-electron chi connectivity index (χ4n) is 2.96. The number of rotatable bonds is 7. The van der Waals surface area contributed by atoms with Crippen LogP contribution in [0.15, 0.2) is 48.5 Å². The van der Waals surface area contributed by atoms with Crippen LogP contribution >= 0.6 is 0 Å². The van der Waals surface area contributed by atoms with Crippen molar-refractivity contribution in [3.63, 3.8) is 0 Å². The number of fused-ring (bicyclic) bond motifs is 1. The fourth-order valence-corrected chi connectivity index (χ4v) is 2.96. The van der Waals surface area contributed by atoms with Gasteiger partial charge in [-0.3, -0.25) is 0 Å². The highest BCUT2D eigenvalue weighted by Gasteiger charge is 2.17. The molecule has 2 aromatic carbocycles. The van der Waals surface area contributed by atoms with E-state index < -0.39 is 0 Å². The Hall–Kier alpha value is -2.69. The maximum atomic E-state index is 12.3. The van der Waals surface area contributed by atoms with E-state index in [1.807, 2.05) is 36.4 Å².